The molecule has 1 N–H and O–H groups in total. The van der Waals surface area contributed by atoms with Crippen LogP contribution in [0.1, 0.15) is 5.56 Å². The van der Waals surface area contributed by atoms with Gasteiger partial charge in [-0.1, -0.05) is 30.0 Å². The van der Waals surface area contributed by atoms with E-state index in [-0.39, 0.29) is 11.7 Å². The van der Waals surface area contributed by atoms with Crippen molar-refractivity contribution in [1.82, 2.24) is 9.55 Å². The number of nitrogens with one attached hydrogen (secondary N) is 1. The molecular weight excluding hydrogens is 390 g/mol. The number of methoxy groups -OCH3 is 3. The SMILES string of the molecule is COc1ccc(OC)c(NC(=O)CSc2nccn2Cc2ccccc2OC)c1. The minimum absolute atomic E-state index is 0.159. The van der Waals surface area contributed by atoms with E-state index in [0.29, 0.717) is 23.7 Å². The van der Waals surface area contributed by atoms with Gasteiger partial charge in [-0.15, -0.1) is 0 Å². The number of rotatable bonds is 9. The predicted molar refractivity (Wildman–Crippen MR) is 113 cm³/mol. The fourth-order valence-corrected chi connectivity index (χ4v) is 3.56. The van der Waals surface area contributed by atoms with Crippen molar-refractivity contribution in [3.05, 3.63) is 60.4 Å². The molecule has 3 aromatic rings. The highest BCUT2D eigenvalue weighted by atomic mass is 32.2. The Morgan fingerprint density at radius 1 is 1.07 bits per heavy atom. The second kappa shape index (κ2) is 9.88. The Kier molecular flexibility index (Phi) is 7.02. The number of nitrogens with zero attached hydrogens (tertiary/aromatic N) is 2. The summed E-state index contributed by atoms with van der Waals surface area (Å²) in [6.45, 7) is 0.609. The van der Waals surface area contributed by atoms with E-state index < -0.39 is 0 Å². The second-order valence-electron chi connectivity index (χ2n) is 6.05. The number of para-hydroxylation sites is 1. The third-order valence-corrected chi connectivity index (χ3v) is 5.23. The summed E-state index contributed by atoms with van der Waals surface area (Å²) in [5, 5.41) is 3.62. The molecule has 7 nitrogen and oxygen atoms in total. The largest absolute Gasteiger partial charge is 0.497 e. The Hall–Kier alpha value is -3.13. The smallest absolute Gasteiger partial charge is 0.234 e. The van der Waals surface area contributed by atoms with Crippen molar-refractivity contribution >= 4 is 23.4 Å². The number of carbonyl (C=O) groups excluding carboxylic acids is 1. The minimum Gasteiger partial charge on any atom is -0.497 e. The molecule has 29 heavy (non-hydrogen) atoms. The number of hydrogen-bond donors (Lipinski definition) is 1. The zero-order valence-corrected chi connectivity index (χ0v) is 17.4. The van der Waals surface area contributed by atoms with Gasteiger partial charge in [0, 0.05) is 24.0 Å². The molecule has 0 radical (unpaired) electrons. The highest BCUT2D eigenvalue weighted by Gasteiger charge is 2.12. The van der Waals surface area contributed by atoms with Crippen LogP contribution < -0.4 is 19.5 Å². The molecule has 0 atom stereocenters. The molecule has 0 spiro atoms. The van der Waals surface area contributed by atoms with Gasteiger partial charge in [-0.3, -0.25) is 4.79 Å². The van der Waals surface area contributed by atoms with Crippen molar-refractivity contribution in [3.8, 4) is 17.2 Å². The summed E-state index contributed by atoms with van der Waals surface area (Å²) in [5.74, 6) is 2.08. The summed E-state index contributed by atoms with van der Waals surface area (Å²) >= 11 is 1.36. The first kappa shape index (κ1) is 20.6. The highest BCUT2D eigenvalue weighted by Crippen LogP contribution is 2.29. The van der Waals surface area contributed by atoms with E-state index in [9.17, 15) is 4.79 Å². The van der Waals surface area contributed by atoms with Crippen LogP contribution in [-0.2, 0) is 11.3 Å². The number of ether oxygens (including phenoxy) is 3. The number of benzene rings is 2. The monoisotopic (exact) mass is 413 g/mol. The molecule has 1 heterocycles. The van der Waals surface area contributed by atoms with Crippen molar-refractivity contribution in [2.24, 2.45) is 0 Å². The fourth-order valence-electron chi connectivity index (χ4n) is 2.80. The molecule has 8 heteroatoms. The lowest BCUT2D eigenvalue weighted by Gasteiger charge is -2.12. The van der Waals surface area contributed by atoms with Crippen molar-refractivity contribution in [2.75, 3.05) is 32.4 Å². The summed E-state index contributed by atoms with van der Waals surface area (Å²) in [5.41, 5.74) is 1.61. The zero-order chi connectivity index (χ0) is 20.6. The van der Waals surface area contributed by atoms with Crippen LogP contribution in [0.2, 0.25) is 0 Å². The van der Waals surface area contributed by atoms with E-state index in [4.69, 9.17) is 14.2 Å². The van der Waals surface area contributed by atoms with E-state index in [1.807, 2.05) is 35.0 Å². The van der Waals surface area contributed by atoms with Crippen LogP contribution in [-0.4, -0.2) is 42.5 Å². The summed E-state index contributed by atoms with van der Waals surface area (Å²) in [6.07, 6.45) is 3.61. The first-order valence-electron chi connectivity index (χ1n) is 8.92. The molecule has 0 bridgehead atoms. The Labute approximate surface area is 174 Å². The quantitative estimate of drug-likeness (QED) is 0.540. The number of amides is 1. The molecule has 152 valence electrons. The number of anilines is 1. The standard InChI is InChI=1S/C21H23N3O4S/c1-26-16-8-9-19(28-3)17(12-16)23-20(25)14-29-21-22-10-11-24(21)13-15-6-4-5-7-18(15)27-2/h4-12H,13-14H2,1-3H3,(H,23,25). The Bertz CT molecular complexity index is 974. The van der Waals surface area contributed by atoms with E-state index in [2.05, 4.69) is 10.3 Å². The molecule has 0 saturated heterocycles. The highest BCUT2D eigenvalue weighted by molar-refractivity contribution is 7.99. The molecular formula is C21H23N3O4S. The third kappa shape index (κ3) is 5.23. The second-order valence-corrected chi connectivity index (χ2v) is 7.00. The van der Waals surface area contributed by atoms with Gasteiger partial charge in [0.05, 0.1) is 39.3 Å². The number of imidazole rings is 1. The van der Waals surface area contributed by atoms with Gasteiger partial charge in [-0.2, -0.15) is 0 Å². The molecule has 1 amide bonds. The van der Waals surface area contributed by atoms with Gasteiger partial charge in [0.15, 0.2) is 5.16 Å². The van der Waals surface area contributed by atoms with E-state index >= 15 is 0 Å². The molecule has 1 aromatic heterocycles. The third-order valence-electron chi connectivity index (χ3n) is 4.22. The van der Waals surface area contributed by atoms with Gasteiger partial charge in [0.25, 0.3) is 0 Å². The minimum atomic E-state index is -0.159. The molecule has 0 aliphatic heterocycles. The first-order chi connectivity index (χ1) is 14.1. The maximum Gasteiger partial charge on any atom is 0.234 e. The van der Waals surface area contributed by atoms with Crippen LogP contribution in [0.15, 0.2) is 60.0 Å². The maximum atomic E-state index is 12.5. The summed E-state index contributed by atoms with van der Waals surface area (Å²) in [4.78, 5) is 16.8. The van der Waals surface area contributed by atoms with E-state index in [1.165, 1.54) is 11.8 Å². The van der Waals surface area contributed by atoms with Gasteiger partial charge in [0.1, 0.15) is 17.2 Å². The van der Waals surface area contributed by atoms with Crippen LogP contribution in [0.5, 0.6) is 17.2 Å². The van der Waals surface area contributed by atoms with Crippen LogP contribution in [0.25, 0.3) is 0 Å². The molecule has 0 aliphatic rings. The van der Waals surface area contributed by atoms with Gasteiger partial charge in [-0.25, -0.2) is 4.98 Å². The maximum absolute atomic E-state index is 12.5. The summed E-state index contributed by atoms with van der Waals surface area (Å²) in [7, 11) is 4.78. The molecule has 0 saturated carbocycles. The number of aromatic nitrogens is 2. The average molecular weight is 413 g/mol. The topological polar surface area (TPSA) is 74.6 Å². The average Bonchev–Trinajstić information content (AvgIpc) is 3.19. The molecule has 3 rings (SSSR count). The van der Waals surface area contributed by atoms with Crippen LogP contribution >= 0.6 is 11.8 Å². The van der Waals surface area contributed by atoms with Crippen LogP contribution in [0, 0.1) is 0 Å². The van der Waals surface area contributed by atoms with Crippen molar-refractivity contribution < 1.29 is 19.0 Å². The predicted octanol–water partition coefficient (Wildman–Crippen LogP) is 3.69. The zero-order valence-electron chi connectivity index (χ0n) is 16.5. The fraction of sp³-hybridized carbons (Fsp3) is 0.238. The number of thioether (sulfide) groups is 1. The van der Waals surface area contributed by atoms with Crippen LogP contribution in [0.4, 0.5) is 5.69 Å². The van der Waals surface area contributed by atoms with Crippen LogP contribution in [0.3, 0.4) is 0 Å². The van der Waals surface area contributed by atoms with Gasteiger partial charge < -0.3 is 24.1 Å². The van der Waals surface area contributed by atoms with E-state index in [1.54, 1.807) is 45.7 Å². The molecule has 0 aliphatic carbocycles. The Morgan fingerprint density at radius 3 is 2.62 bits per heavy atom. The lowest BCUT2D eigenvalue weighted by molar-refractivity contribution is -0.113. The van der Waals surface area contributed by atoms with Gasteiger partial charge in [-0.05, 0) is 18.2 Å². The van der Waals surface area contributed by atoms with Gasteiger partial charge >= 0.3 is 0 Å². The number of carbonyl (C=O) groups is 1. The lowest BCUT2D eigenvalue weighted by atomic mass is 10.2. The summed E-state index contributed by atoms with van der Waals surface area (Å²) in [6, 6.07) is 13.1. The number of hydrogen-bond acceptors (Lipinski definition) is 6. The van der Waals surface area contributed by atoms with E-state index in [0.717, 1.165) is 16.5 Å². The molecule has 0 fully saturated rings. The molecule has 2 aromatic carbocycles. The first-order valence-corrected chi connectivity index (χ1v) is 9.91. The van der Waals surface area contributed by atoms with Crippen molar-refractivity contribution in [1.29, 1.82) is 0 Å². The summed E-state index contributed by atoms with van der Waals surface area (Å²) < 4.78 is 17.9. The van der Waals surface area contributed by atoms with Gasteiger partial charge in [0.2, 0.25) is 5.91 Å². The molecule has 0 unspecified atom stereocenters. The normalized spacial score (nSPS) is 10.4. The Balaban J connectivity index is 1.64. The lowest BCUT2D eigenvalue weighted by Crippen LogP contribution is -2.15. The van der Waals surface area contributed by atoms with Crippen molar-refractivity contribution in [3.63, 3.8) is 0 Å². The van der Waals surface area contributed by atoms with Crippen molar-refractivity contribution in [2.45, 2.75) is 11.7 Å². The Morgan fingerprint density at radius 2 is 1.86 bits per heavy atom.